The maximum absolute atomic E-state index is 13.6. The van der Waals surface area contributed by atoms with Gasteiger partial charge in [0.05, 0.1) is 0 Å². The SMILES string of the molecule is CNS(=O)(=O)c1ccc(C(C)(C)C)cc1F. The Morgan fingerprint density at radius 1 is 1.25 bits per heavy atom. The van der Waals surface area contributed by atoms with E-state index in [1.165, 1.54) is 19.2 Å². The van der Waals surface area contributed by atoms with Crippen LogP contribution in [-0.4, -0.2) is 15.5 Å². The van der Waals surface area contributed by atoms with Gasteiger partial charge in [-0.2, -0.15) is 0 Å². The molecule has 16 heavy (non-hydrogen) atoms. The van der Waals surface area contributed by atoms with Crippen LogP contribution in [0.2, 0.25) is 0 Å². The molecule has 0 amide bonds. The molecule has 0 radical (unpaired) electrons. The fourth-order valence-corrected chi connectivity index (χ4v) is 2.08. The summed E-state index contributed by atoms with van der Waals surface area (Å²) in [7, 11) is -2.46. The third-order valence-electron chi connectivity index (χ3n) is 2.36. The normalized spacial score (nSPS) is 12.8. The highest BCUT2D eigenvalue weighted by atomic mass is 32.2. The zero-order chi connectivity index (χ0) is 12.6. The van der Waals surface area contributed by atoms with Crippen molar-refractivity contribution < 1.29 is 12.8 Å². The third-order valence-corrected chi connectivity index (χ3v) is 3.80. The van der Waals surface area contributed by atoms with Crippen LogP contribution < -0.4 is 4.72 Å². The lowest BCUT2D eigenvalue weighted by Crippen LogP contribution is -2.20. The van der Waals surface area contributed by atoms with E-state index >= 15 is 0 Å². The molecule has 0 bridgehead atoms. The van der Waals surface area contributed by atoms with Crippen LogP contribution in [0.15, 0.2) is 23.1 Å². The van der Waals surface area contributed by atoms with Crippen LogP contribution in [0.5, 0.6) is 0 Å². The summed E-state index contributed by atoms with van der Waals surface area (Å²) in [5.41, 5.74) is 0.558. The molecule has 0 aromatic heterocycles. The van der Waals surface area contributed by atoms with Gasteiger partial charge in [0.1, 0.15) is 10.7 Å². The number of sulfonamides is 1. The fourth-order valence-electron chi connectivity index (χ4n) is 1.30. The minimum absolute atomic E-state index is 0.206. The van der Waals surface area contributed by atoms with Gasteiger partial charge in [-0.3, -0.25) is 0 Å². The van der Waals surface area contributed by atoms with Crippen molar-refractivity contribution in [2.24, 2.45) is 0 Å². The second-order valence-electron chi connectivity index (χ2n) is 4.60. The molecular formula is C11H16FNO2S. The van der Waals surface area contributed by atoms with Gasteiger partial charge < -0.3 is 0 Å². The van der Waals surface area contributed by atoms with Gasteiger partial charge in [0, 0.05) is 0 Å². The lowest BCUT2D eigenvalue weighted by molar-refractivity contribution is 0.546. The molecule has 0 atom stereocenters. The molecule has 0 fully saturated rings. The lowest BCUT2D eigenvalue weighted by Gasteiger charge is -2.19. The van der Waals surface area contributed by atoms with Crippen molar-refractivity contribution in [2.75, 3.05) is 7.05 Å². The van der Waals surface area contributed by atoms with Crippen molar-refractivity contribution in [3.05, 3.63) is 29.6 Å². The highest BCUT2D eigenvalue weighted by Crippen LogP contribution is 2.25. The van der Waals surface area contributed by atoms with Crippen LogP contribution in [0.1, 0.15) is 26.3 Å². The Bertz CT molecular complexity index is 489. The van der Waals surface area contributed by atoms with E-state index in [0.29, 0.717) is 0 Å². The molecule has 0 aliphatic rings. The van der Waals surface area contributed by atoms with Crippen molar-refractivity contribution in [1.29, 1.82) is 0 Å². The minimum atomic E-state index is -3.72. The summed E-state index contributed by atoms with van der Waals surface area (Å²) >= 11 is 0. The Hall–Kier alpha value is -0.940. The zero-order valence-corrected chi connectivity index (χ0v) is 10.7. The van der Waals surface area contributed by atoms with Crippen LogP contribution in [0.25, 0.3) is 0 Å². The molecule has 0 aliphatic carbocycles. The summed E-state index contributed by atoms with van der Waals surface area (Å²) in [5, 5.41) is 0. The van der Waals surface area contributed by atoms with Crippen LogP contribution in [0.3, 0.4) is 0 Å². The Morgan fingerprint density at radius 2 is 1.81 bits per heavy atom. The van der Waals surface area contributed by atoms with Crippen molar-refractivity contribution in [3.8, 4) is 0 Å². The number of benzene rings is 1. The minimum Gasteiger partial charge on any atom is -0.214 e. The summed E-state index contributed by atoms with van der Waals surface area (Å²) in [4.78, 5) is -0.317. The topological polar surface area (TPSA) is 46.2 Å². The van der Waals surface area contributed by atoms with Gasteiger partial charge in [0.2, 0.25) is 10.0 Å². The Kier molecular flexibility index (Phi) is 3.40. The number of rotatable bonds is 2. The number of halogens is 1. The van der Waals surface area contributed by atoms with Gasteiger partial charge in [-0.05, 0) is 30.2 Å². The molecule has 1 N–H and O–H groups in total. The predicted octanol–water partition coefficient (Wildman–Crippen LogP) is 2.03. The summed E-state index contributed by atoms with van der Waals surface area (Å²) < 4.78 is 38.6. The lowest BCUT2D eigenvalue weighted by atomic mass is 9.87. The van der Waals surface area contributed by atoms with E-state index in [9.17, 15) is 12.8 Å². The van der Waals surface area contributed by atoms with Gasteiger partial charge in [0.15, 0.2) is 0 Å². The van der Waals surface area contributed by atoms with Crippen molar-refractivity contribution in [2.45, 2.75) is 31.1 Å². The first-order chi connectivity index (χ1) is 7.18. The number of hydrogen-bond acceptors (Lipinski definition) is 2. The average molecular weight is 245 g/mol. The Labute approximate surface area is 95.7 Å². The van der Waals surface area contributed by atoms with Crippen molar-refractivity contribution in [1.82, 2.24) is 4.72 Å². The van der Waals surface area contributed by atoms with E-state index in [4.69, 9.17) is 0 Å². The van der Waals surface area contributed by atoms with Crippen LogP contribution in [0.4, 0.5) is 4.39 Å². The first-order valence-electron chi connectivity index (χ1n) is 4.92. The zero-order valence-electron chi connectivity index (χ0n) is 9.83. The standard InChI is InChI=1S/C11H16FNO2S/c1-11(2,3)8-5-6-10(9(12)7-8)16(14,15)13-4/h5-7,13H,1-4H3. The Balaban J connectivity index is 3.32. The molecule has 0 spiro atoms. The third kappa shape index (κ3) is 2.59. The van der Waals surface area contributed by atoms with Crippen LogP contribution in [0, 0.1) is 5.82 Å². The summed E-state index contributed by atoms with van der Waals surface area (Å²) in [5.74, 6) is -0.721. The number of hydrogen-bond donors (Lipinski definition) is 1. The van der Waals surface area contributed by atoms with Crippen LogP contribution in [-0.2, 0) is 15.4 Å². The molecule has 0 heterocycles. The quantitative estimate of drug-likeness (QED) is 0.866. The maximum atomic E-state index is 13.6. The Morgan fingerprint density at radius 3 is 2.19 bits per heavy atom. The largest absolute Gasteiger partial charge is 0.243 e. The summed E-state index contributed by atoms with van der Waals surface area (Å²) in [6.07, 6.45) is 0. The van der Waals surface area contributed by atoms with Gasteiger partial charge in [-0.25, -0.2) is 17.5 Å². The predicted molar refractivity (Wildman–Crippen MR) is 61.3 cm³/mol. The van der Waals surface area contributed by atoms with E-state index in [-0.39, 0.29) is 10.3 Å². The highest BCUT2D eigenvalue weighted by Gasteiger charge is 2.20. The summed E-state index contributed by atoms with van der Waals surface area (Å²) in [6, 6.07) is 4.19. The first kappa shape index (κ1) is 13.1. The van der Waals surface area contributed by atoms with E-state index < -0.39 is 15.8 Å². The van der Waals surface area contributed by atoms with Gasteiger partial charge in [-0.1, -0.05) is 26.8 Å². The van der Waals surface area contributed by atoms with E-state index in [1.54, 1.807) is 6.07 Å². The smallest absolute Gasteiger partial charge is 0.214 e. The average Bonchev–Trinajstić information content (AvgIpc) is 2.16. The molecule has 0 saturated carbocycles. The van der Waals surface area contributed by atoms with E-state index in [1.807, 2.05) is 20.8 Å². The molecule has 5 heteroatoms. The highest BCUT2D eigenvalue weighted by molar-refractivity contribution is 7.89. The van der Waals surface area contributed by atoms with Gasteiger partial charge in [-0.15, -0.1) is 0 Å². The second-order valence-corrected chi connectivity index (χ2v) is 6.46. The molecular weight excluding hydrogens is 229 g/mol. The van der Waals surface area contributed by atoms with Gasteiger partial charge in [0.25, 0.3) is 0 Å². The first-order valence-corrected chi connectivity index (χ1v) is 6.40. The number of nitrogens with one attached hydrogen (secondary N) is 1. The molecule has 0 unspecified atom stereocenters. The molecule has 0 aliphatic heterocycles. The molecule has 90 valence electrons. The molecule has 1 aromatic carbocycles. The van der Waals surface area contributed by atoms with Crippen molar-refractivity contribution in [3.63, 3.8) is 0 Å². The van der Waals surface area contributed by atoms with Crippen LogP contribution >= 0.6 is 0 Å². The molecule has 0 saturated heterocycles. The fraction of sp³-hybridized carbons (Fsp3) is 0.455. The summed E-state index contributed by atoms with van der Waals surface area (Å²) in [6.45, 7) is 5.82. The molecule has 1 aromatic rings. The molecule has 1 rings (SSSR count). The molecule has 3 nitrogen and oxygen atoms in total. The second kappa shape index (κ2) is 4.14. The van der Waals surface area contributed by atoms with Gasteiger partial charge >= 0.3 is 0 Å². The monoisotopic (exact) mass is 245 g/mol. The van der Waals surface area contributed by atoms with E-state index in [0.717, 1.165) is 5.56 Å². The van der Waals surface area contributed by atoms with E-state index in [2.05, 4.69) is 4.72 Å². The maximum Gasteiger partial charge on any atom is 0.243 e. The van der Waals surface area contributed by atoms with Crippen molar-refractivity contribution >= 4 is 10.0 Å².